The normalized spacial score (nSPS) is 40.1. The van der Waals surface area contributed by atoms with Gasteiger partial charge < -0.3 is 4.90 Å². The second-order valence-electron chi connectivity index (χ2n) is 4.22. The lowest BCUT2D eigenvalue weighted by atomic mass is 9.98. The van der Waals surface area contributed by atoms with E-state index in [1.807, 2.05) is 0 Å². The van der Waals surface area contributed by atoms with Crippen molar-refractivity contribution in [1.82, 2.24) is 4.90 Å². The van der Waals surface area contributed by atoms with Crippen molar-refractivity contribution < 1.29 is 0 Å². The molecule has 0 radical (unpaired) electrons. The Bertz CT molecular complexity index is 133. The second kappa shape index (κ2) is 3.14. The highest BCUT2D eigenvalue weighted by Crippen LogP contribution is 2.30. The summed E-state index contributed by atoms with van der Waals surface area (Å²) in [4.78, 5) is 2.72. The third-order valence-electron chi connectivity index (χ3n) is 3.44. The van der Waals surface area contributed by atoms with Crippen molar-refractivity contribution >= 4 is 0 Å². The Kier molecular flexibility index (Phi) is 2.17. The van der Waals surface area contributed by atoms with Crippen molar-refractivity contribution in [3.8, 4) is 0 Å². The molecule has 1 nitrogen and oxygen atoms in total. The second-order valence-corrected chi connectivity index (χ2v) is 4.22. The number of fused-ring (bicyclic) bond motifs is 1. The van der Waals surface area contributed by atoms with Crippen LogP contribution in [0.3, 0.4) is 0 Å². The minimum absolute atomic E-state index is 0.956. The first kappa shape index (κ1) is 7.60. The van der Waals surface area contributed by atoms with Crippen LogP contribution in [0.1, 0.15) is 39.0 Å². The molecule has 2 aliphatic heterocycles. The quantitative estimate of drug-likeness (QED) is 0.516. The van der Waals surface area contributed by atoms with Gasteiger partial charge >= 0.3 is 0 Å². The molecule has 0 aromatic rings. The van der Waals surface area contributed by atoms with E-state index in [0.29, 0.717) is 0 Å². The number of nitrogens with zero attached hydrogens (tertiary/aromatic N) is 1. The summed E-state index contributed by atoms with van der Waals surface area (Å²) < 4.78 is 0. The maximum Gasteiger partial charge on any atom is 0.0121 e. The Morgan fingerprint density at radius 3 is 2.82 bits per heavy atom. The van der Waals surface area contributed by atoms with Gasteiger partial charge in [0.1, 0.15) is 0 Å². The highest BCUT2D eigenvalue weighted by molar-refractivity contribution is 4.85. The topological polar surface area (TPSA) is 3.24 Å². The molecule has 0 saturated carbocycles. The molecule has 2 atom stereocenters. The van der Waals surface area contributed by atoms with Crippen LogP contribution in [0.2, 0.25) is 0 Å². The predicted molar refractivity (Wildman–Crippen MR) is 47.6 cm³/mol. The zero-order valence-corrected chi connectivity index (χ0v) is 7.55. The third-order valence-corrected chi connectivity index (χ3v) is 3.44. The average Bonchev–Trinajstić information content (AvgIpc) is 2.25. The number of rotatable bonds is 0. The fraction of sp³-hybridized carbons (Fsp3) is 1.00. The molecule has 64 valence electrons. The molecule has 2 unspecified atom stereocenters. The Labute approximate surface area is 69.8 Å². The lowest BCUT2D eigenvalue weighted by Crippen LogP contribution is -2.31. The summed E-state index contributed by atoms with van der Waals surface area (Å²) >= 11 is 0. The van der Waals surface area contributed by atoms with E-state index in [-0.39, 0.29) is 0 Å². The molecule has 0 N–H and O–H groups in total. The molecule has 2 heterocycles. The van der Waals surface area contributed by atoms with Crippen LogP contribution in [0.15, 0.2) is 0 Å². The van der Waals surface area contributed by atoms with Gasteiger partial charge in [-0.15, -0.1) is 0 Å². The van der Waals surface area contributed by atoms with E-state index >= 15 is 0 Å². The van der Waals surface area contributed by atoms with Crippen LogP contribution < -0.4 is 0 Å². The van der Waals surface area contributed by atoms with Crippen LogP contribution in [0, 0.1) is 5.92 Å². The molecule has 0 aromatic carbocycles. The summed E-state index contributed by atoms with van der Waals surface area (Å²) in [6.45, 7) is 5.19. The van der Waals surface area contributed by atoms with E-state index in [1.54, 1.807) is 0 Å². The Morgan fingerprint density at radius 1 is 1.00 bits per heavy atom. The van der Waals surface area contributed by atoms with Gasteiger partial charge in [0.2, 0.25) is 0 Å². The molecule has 0 amide bonds. The molecule has 0 bridgehead atoms. The van der Waals surface area contributed by atoms with Crippen molar-refractivity contribution in [3.63, 3.8) is 0 Å². The largest absolute Gasteiger partial charge is 0.300 e. The maximum atomic E-state index is 2.72. The van der Waals surface area contributed by atoms with Gasteiger partial charge in [0.15, 0.2) is 0 Å². The van der Waals surface area contributed by atoms with Crippen LogP contribution >= 0.6 is 0 Å². The van der Waals surface area contributed by atoms with Crippen LogP contribution in [-0.4, -0.2) is 24.0 Å². The standard InChI is InChI=1S/C10H19N/c1-9-6-8-11-7-4-2-3-5-10(9)11/h9-10H,2-8H2,1H3. The smallest absolute Gasteiger partial charge is 0.0121 e. The first-order chi connectivity index (χ1) is 5.38. The van der Waals surface area contributed by atoms with Gasteiger partial charge in [0, 0.05) is 6.04 Å². The van der Waals surface area contributed by atoms with Gasteiger partial charge in [-0.25, -0.2) is 0 Å². The maximum absolute atomic E-state index is 2.72. The van der Waals surface area contributed by atoms with Gasteiger partial charge in [-0.3, -0.25) is 0 Å². The minimum atomic E-state index is 0.956. The molecule has 2 aliphatic rings. The first-order valence-electron chi connectivity index (χ1n) is 5.12. The molecule has 2 rings (SSSR count). The van der Waals surface area contributed by atoms with Crippen LogP contribution in [0.4, 0.5) is 0 Å². The molecule has 0 aliphatic carbocycles. The SMILES string of the molecule is CC1CCN2CCCCCC12. The van der Waals surface area contributed by atoms with E-state index in [4.69, 9.17) is 0 Å². The molecule has 2 fully saturated rings. The zero-order valence-electron chi connectivity index (χ0n) is 7.55. The molecule has 0 spiro atoms. The summed E-state index contributed by atoms with van der Waals surface area (Å²) in [5.74, 6) is 0.980. The van der Waals surface area contributed by atoms with Crippen LogP contribution in [-0.2, 0) is 0 Å². The summed E-state index contributed by atoms with van der Waals surface area (Å²) in [5, 5.41) is 0. The van der Waals surface area contributed by atoms with Gasteiger partial charge in [0.05, 0.1) is 0 Å². The van der Waals surface area contributed by atoms with Gasteiger partial charge in [-0.1, -0.05) is 19.8 Å². The Morgan fingerprint density at radius 2 is 1.91 bits per heavy atom. The van der Waals surface area contributed by atoms with Crippen molar-refractivity contribution in [3.05, 3.63) is 0 Å². The van der Waals surface area contributed by atoms with E-state index in [2.05, 4.69) is 11.8 Å². The average molecular weight is 153 g/mol. The fourth-order valence-electron chi connectivity index (χ4n) is 2.68. The van der Waals surface area contributed by atoms with Crippen molar-refractivity contribution in [2.75, 3.05) is 13.1 Å². The summed E-state index contributed by atoms with van der Waals surface area (Å²) in [6, 6.07) is 0.956. The monoisotopic (exact) mass is 153 g/mol. The first-order valence-corrected chi connectivity index (χ1v) is 5.12. The highest BCUT2D eigenvalue weighted by atomic mass is 15.2. The van der Waals surface area contributed by atoms with Crippen LogP contribution in [0.25, 0.3) is 0 Å². The Hall–Kier alpha value is -0.0400. The fourth-order valence-corrected chi connectivity index (χ4v) is 2.68. The highest BCUT2D eigenvalue weighted by Gasteiger charge is 2.31. The predicted octanol–water partition coefficient (Wildman–Crippen LogP) is 2.27. The number of hydrogen-bond donors (Lipinski definition) is 0. The molecule has 1 heteroatoms. The Balaban J connectivity index is 2.00. The molecular formula is C10H19N. The van der Waals surface area contributed by atoms with Crippen molar-refractivity contribution in [1.29, 1.82) is 0 Å². The van der Waals surface area contributed by atoms with Gasteiger partial charge in [0.25, 0.3) is 0 Å². The van der Waals surface area contributed by atoms with Crippen LogP contribution in [0.5, 0.6) is 0 Å². The van der Waals surface area contributed by atoms with Crippen molar-refractivity contribution in [2.45, 2.75) is 45.1 Å². The zero-order chi connectivity index (χ0) is 7.68. The lowest BCUT2D eigenvalue weighted by molar-refractivity contribution is 0.236. The number of hydrogen-bond acceptors (Lipinski definition) is 1. The molecule has 2 saturated heterocycles. The summed E-state index contributed by atoms with van der Waals surface area (Å²) in [5.41, 5.74) is 0. The van der Waals surface area contributed by atoms with E-state index in [9.17, 15) is 0 Å². The summed E-state index contributed by atoms with van der Waals surface area (Å²) in [6.07, 6.45) is 7.32. The minimum Gasteiger partial charge on any atom is -0.300 e. The molecule has 11 heavy (non-hydrogen) atoms. The van der Waals surface area contributed by atoms with Crippen molar-refractivity contribution in [2.24, 2.45) is 5.92 Å². The van der Waals surface area contributed by atoms with E-state index < -0.39 is 0 Å². The van der Waals surface area contributed by atoms with Gasteiger partial charge in [-0.2, -0.15) is 0 Å². The summed E-state index contributed by atoms with van der Waals surface area (Å²) in [7, 11) is 0. The van der Waals surface area contributed by atoms with E-state index in [1.165, 1.54) is 45.2 Å². The molecular weight excluding hydrogens is 134 g/mol. The molecule has 0 aromatic heterocycles. The third kappa shape index (κ3) is 1.44. The van der Waals surface area contributed by atoms with E-state index in [0.717, 1.165) is 12.0 Å². The van der Waals surface area contributed by atoms with Gasteiger partial charge in [-0.05, 0) is 38.3 Å². The lowest BCUT2D eigenvalue weighted by Gasteiger charge is -2.23.